The monoisotopic (exact) mass is 397 g/mol. The average Bonchev–Trinajstić information content (AvgIpc) is 2.56. The molecule has 0 amide bonds. The minimum atomic E-state index is 0.674. The predicted octanol–water partition coefficient (Wildman–Crippen LogP) is 5.19. The van der Waals surface area contributed by atoms with Crippen LogP contribution in [0.2, 0.25) is 5.02 Å². The fourth-order valence-corrected chi connectivity index (χ4v) is 2.84. The van der Waals surface area contributed by atoms with Crippen LogP contribution >= 0.6 is 27.5 Å². The molecule has 0 spiro atoms. The highest BCUT2D eigenvalue weighted by Crippen LogP contribution is 2.33. The first kappa shape index (κ1) is 18.1. The van der Waals surface area contributed by atoms with Gasteiger partial charge >= 0.3 is 0 Å². The molecule has 0 unspecified atom stereocenters. The van der Waals surface area contributed by atoms with Crippen LogP contribution < -0.4 is 14.8 Å². The SMILES string of the molecule is CCCOc1cc(Br)c(CNCc2ccccc2Cl)cc1OC. The van der Waals surface area contributed by atoms with Crippen LogP contribution in [0.4, 0.5) is 0 Å². The predicted molar refractivity (Wildman–Crippen MR) is 98.5 cm³/mol. The zero-order valence-corrected chi connectivity index (χ0v) is 15.7. The van der Waals surface area contributed by atoms with Crippen molar-refractivity contribution in [2.75, 3.05) is 13.7 Å². The van der Waals surface area contributed by atoms with Crippen LogP contribution in [0.1, 0.15) is 24.5 Å². The second kappa shape index (κ2) is 9.16. The van der Waals surface area contributed by atoms with Crippen molar-refractivity contribution in [1.29, 1.82) is 0 Å². The smallest absolute Gasteiger partial charge is 0.162 e. The molecule has 2 rings (SSSR count). The summed E-state index contributed by atoms with van der Waals surface area (Å²) < 4.78 is 12.1. The van der Waals surface area contributed by atoms with Gasteiger partial charge in [-0.15, -0.1) is 0 Å². The van der Waals surface area contributed by atoms with Crippen LogP contribution in [0.3, 0.4) is 0 Å². The van der Waals surface area contributed by atoms with Gasteiger partial charge in [-0.05, 0) is 35.7 Å². The molecule has 0 aromatic heterocycles. The van der Waals surface area contributed by atoms with Crippen LogP contribution in [0.5, 0.6) is 11.5 Å². The van der Waals surface area contributed by atoms with Crippen LogP contribution in [0.15, 0.2) is 40.9 Å². The van der Waals surface area contributed by atoms with E-state index in [4.69, 9.17) is 21.1 Å². The minimum absolute atomic E-state index is 0.674. The van der Waals surface area contributed by atoms with Crippen molar-refractivity contribution in [2.24, 2.45) is 0 Å². The molecule has 0 bridgehead atoms. The van der Waals surface area contributed by atoms with E-state index in [9.17, 15) is 0 Å². The summed E-state index contributed by atoms with van der Waals surface area (Å²) in [6, 6.07) is 11.8. The summed E-state index contributed by atoms with van der Waals surface area (Å²) in [5, 5.41) is 4.18. The maximum absolute atomic E-state index is 6.17. The third kappa shape index (κ3) is 5.13. The topological polar surface area (TPSA) is 30.5 Å². The van der Waals surface area contributed by atoms with Crippen molar-refractivity contribution in [2.45, 2.75) is 26.4 Å². The van der Waals surface area contributed by atoms with Gasteiger partial charge in [0, 0.05) is 22.6 Å². The molecule has 23 heavy (non-hydrogen) atoms. The van der Waals surface area contributed by atoms with Gasteiger partial charge in [0.1, 0.15) is 0 Å². The summed E-state index contributed by atoms with van der Waals surface area (Å²) in [5.41, 5.74) is 2.19. The van der Waals surface area contributed by atoms with Gasteiger partial charge in [0.15, 0.2) is 11.5 Å². The standard InChI is InChI=1S/C18H21BrClNO2/c1-3-8-23-18-10-15(19)14(9-17(18)22-2)12-21-11-13-6-4-5-7-16(13)20/h4-7,9-10,21H,3,8,11-12H2,1-2H3. The average molecular weight is 399 g/mol. The second-order valence-corrected chi connectivity index (χ2v) is 6.40. The van der Waals surface area contributed by atoms with E-state index < -0.39 is 0 Å². The van der Waals surface area contributed by atoms with E-state index in [1.165, 1.54) is 0 Å². The Morgan fingerprint density at radius 1 is 1.09 bits per heavy atom. The summed E-state index contributed by atoms with van der Waals surface area (Å²) in [4.78, 5) is 0. The largest absolute Gasteiger partial charge is 0.493 e. The summed E-state index contributed by atoms with van der Waals surface area (Å²) in [6.45, 7) is 4.17. The van der Waals surface area contributed by atoms with Crippen molar-refractivity contribution in [3.8, 4) is 11.5 Å². The van der Waals surface area contributed by atoms with E-state index in [0.29, 0.717) is 19.7 Å². The number of hydrogen-bond donors (Lipinski definition) is 1. The number of ether oxygens (including phenoxy) is 2. The number of halogens is 2. The third-order valence-corrected chi connectivity index (χ3v) is 4.49. The van der Waals surface area contributed by atoms with E-state index in [1.54, 1.807) is 7.11 Å². The molecule has 0 atom stereocenters. The molecule has 5 heteroatoms. The zero-order valence-electron chi connectivity index (χ0n) is 13.4. The van der Waals surface area contributed by atoms with E-state index in [0.717, 1.165) is 38.5 Å². The minimum Gasteiger partial charge on any atom is -0.493 e. The van der Waals surface area contributed by atoms with E-state index >= 15 is 0 Å². The molecule has 0 heterocycles. The van der Waals surface area contributed by atoms with Crippen molar-refractivity contribution in [3.05, 3.63) is 57.0 Å². The molecule has 0 saturated carbocycles. The molecule has 0 radical (unpaired) electrons. The molecule has 0 aliphatic heterocycles. The van der Waals surface area contributed by atoms with Gasteiger partial charge in [0.25, 0.3) is 0 Å². The van der Waals surface area contributed by atoms with Crippen LogP contribution in [0.25, 0.3) is 0 Å². The summed E-state index contributed by atoms with van der Waals surface area (Å²) in [6.07, 6.45) is 0.960. The van der Waals surface area contributed by atoms with E-state index in [-0.39, 0.29) is 0 Å². The molecule has 2 aromatic rings. The lowest BCUT2D eigenvalue weighted by molar-refractivity contribution is 0.294. The van der Waals surface area contributed by atoms with Crippen LogP contribution in [-0.2, 0) is 13.1 Å². The fraction of sp³-hybridized carbons (Fsp3) is 0.333. The number of benzene rings is 2. The van der Waals surface area contributed by atoms with Gasteiger partial charge in [0.2, 0.25) is 0 Å². The maximum Gasteiger partial charge on any atom is 0.162 e. The Labute approximate surface area is 151 Å². The Morgan fingerprint density at radius 3 is 2.52 bits per heavy atom. The number of methoxy groups -OCH3 is 1. The quantitative estimate of drug-likeness (QED) is 0.664. The Balaban J connectivity index is 2.03. The highest BCUT2D eigenvalue weighted by atomic mass is 79.9. The van der Waals surface area contributed by atoms with Gasteiger partial charge in [-0.1, -0.05) is 52.7 Å². The van der Waals surface area contributed by atoms with Crippen molar-refractivity contribution in [1.82, 2.24) is 5.32 Å². The lowest BCUT2D eigenvalue weighted by Crippen LogP contribution is -2.13. The van der Waals surface area contributed by atoms with Crippen LogP contribution in [0, 0.1) is 0 Å². The Bertz CT molecular complexity index is 649. The lowest BCUT2D eigenvalue weighted by Gasteiger charge is -2.14. The van der Waals surface area contributed by atoms with Gasteiger partial charge < -0.3 is 14.8 Å². The first-order chi connectivity index (χ1) is 11.2. The van der Waals surface area contributed by atoms with Gasteiger partial charge in [-0.25, -0.2) is 0 Å². The van der Waals surface area contributed by atoms with E-state index in [2.05, 4.69) is 28.2 Å². The molecule has 0 saturated heterocycles. The summed E-state index contributed by atoms with van der Waals surface area (Å²) >= 11 is 9.77. The maximum atomic E-state index is 6.17. The Kier molecular flexibility index (Phi) is 7.21. The van der Waals surface area contributed by atoms with Crippen molar-refractivity contribution in [3.63, 3.8) is 0 Å². The van der Waals surface area contributed by atoms with Gasteiger partial charge in [0.05, 0.1) is 13.7 Å². The van der Waals surface area contributed by atoms with Gasteiger partial charge in [-0.2, -0.15) is 0 Å². The molecular formula is C18H21BrClNO2. The third-order valence-electron chi connectivity index (χ3n) is 3.38. The Hall–Kier alpha value is -1.23. The van der Waals surface area contributed by atoms with E-state index in [1.807, 2.05) is 36.4 Å². The van der Waals surface area contributed by atoms with Crippen molar-refractivity contribution >= 4 is 27.5 Å². The molecular weight excluding hydrogens is 378 g/mol. The Morgan fingerprint density at radius 2 is 1.83 bits per heavy atom. The van der Waals surface area contributed by atoms with Crippen molar-refractivity contribution < 1.29 is 9.47 Å². The number of hydrogen-bond acceptors (Lipinski definition) is 3. The molecule has 0 aliphatic carbocycles. The molecule has 3 nitrogen and oxygen atoms in total. The molecule has 1 N–H and O–H groups in total. The summed E-state index contributed by atoms with van der Waals surface area (Å²) in [5.74, 6) is 1.51. The molecule has 0 aliphatic rings. The normalized spacial score (nSPS) is 10.6. The number of rotatable bonds is 8. The highest BCUT2D eigenvalue weighted by molar-refractivity contribution is 9.10. The fourth-order valence-electron chi connectivity index (χ4n) is 2.17. The van der Waals surface area contributed by atoms with Gasteiger partial charge in [-0.3, -0.25) is 0 Å². The first-order valence-corrected chi connectivity index (χ1v) is 8.76. The van der Waals surface area contributed by atoms with Crippen LogP contribution in [-0.4, -0.2) is 13.7 Å². The highest BCUT2D eigenvalue weighted by Gasteiger charge is 2.10. The lowest BCUT2D eigenvalue weighted by atomic mass is 10.2. The summed E-state index contributed by atoms with van der Waals surface area (Å²) in [7, 11) is 1.66. The molecule has 0 fully saturated rings. The zero-order chi connectivity index (χ0) is 16.7. The molecule has 124 valence electrons. The second-order valence-electron chi connectivity index (χ2n) is 5.14. The first-order valence-electron chi connectivity index (χ1n) is 7.59. The number of nitrogens with one attached hydrogen (secondary N) is 1. The molecule has 2 aromatic carbocycles.